The van der Waals surface area contributed by atoms with Gasteiger partial charge < -0.3 is 4.74 Å². The molecule has 84 valence electrons. The minimum absolute atomic E-state index is 0.359. The number of nitrogens with zero attached hydrogens (tertiary/aromatic N) is 2. The van der Waals surface area contributed by atoms with Crippen LogP contribution >= 0.6 is 0 Å². The first-order chi connectivity index (χ1) is 8.29. The molecule has 0 radical (unpaired) electrons. The molecule has 3 rings (SSSR count). The number of fused-ring (bicyclic) bond motifs is 3. The lowest BCUT2D eigenvalue weighted by Gasteiger charge is -2.09. The Hall–Kier alpha value is -2.23. The summed E-state index contributed by atoms with van der Waals surface area (Å²) < 4.78 is 4.67. The molecule has 0 aromatic heterocycles. The number of para-hydroxylation sites is 1. The molecule has 0 saturated heterocycles. The van der Waals surface area contributed by atoms with Gasteiger partial charge in [0.2, 0.25) is 0 Å². The van der Waals surface area contributed by atoms with Crippen molar-refractivity contribution in [2.75, 3.05) is 13.7 Å². The number of ether oxygens (including phenoxy) is 1. The molecule has 0 bridgehead atoms. The summed E-state index contributed by atoms with van der Waals surface area (Å²) in [6.07, 6.45) is 1.75. The van der Waals surface area contributed by atoms with E-state index in [4.69, 9.17) is 0 Å². The molecule has 2 aliphatic rings. The zero-order chi connectivity index (χ0) is 11.8. The van der Waals surface area contributed by atoms with Gasteiger partial charge in [0.05, 0.1) is 25.1 Å². The number of hydrogen-bond acceptors (Lipinski definition) is 4. The molecule has 2 aliphatic heterocycles. The average molecular weight is 226 g/mol. The summed E-state index contributed by atoms with van der Waals surface area (Å²) in [6, 6.07) is 7.86. The van der Waals surface area contributed by atoms with E-state index in [9.17, 15) is 4.79 Å². The van der Waals surface area contributed by atoms with Gasteiger partial charge in [-0.1, -0.05) is 18.2 Å². The molecule has 0 unspecified atom stereocenters. The van der Waals surface area contributed by atoms with Crippen molar-refractivity contribution in [3.8, 4) is 0 Å². The minimum Gasteiger partial charge on any atom is -0.464 e. The highest BCUT2D eigenvalue weighted by molar-refractivity contribution is 6.48. The maximum absolute atomic E-state index is 11.4. The molecule has 1 aromatic rings. The number of benzene rings is 1. The summed E-state index contributed by atoms with van der Waals surface area (Å²) in [5, 5.41) is 0. The Bertz CT molecular complexity index is 597. The molecule has 17 heavy (non-hydrogen) atoms. The van der Waals surface area contributed by atoms with Crippen LogP contribution in [0.15, 0.2) is 40.3 Å². The van der Waals surface area contributed by atoms with Gasteiger partial charge in [0, 0.05) is 11.1 Å². The zero-order valence-corrected chi connectivity index (χ0v) is 9.30. The van der Waals surface area contributed by atoms with E-state index in [1.165, 1.54) is 7.11 Å². The van der Waals surface area contributed by atoms with Gasteiger partial charge in [-0.05, 0) is 12.1 Å². The lowest BCUT2D eigenvalue weighted by Crippen LogP contribution is -2.20. The molecule has 4 heteroatoms. The van der Waals surface area contributed by atoms with Gasteiger partial charge in [-0.2, -0.15) is 0 Å². The monoisotopic (exact) mass is 226 g/mol. The van der Waals surface area contributed by atoms with Gasteiger partial charge in [-0.3, -0.25) is 9.98 Å². The maximum atomic E-state index is 11.4. The van der Waals surface area contributed by atoms with E-state index in [1.807, 2.05) is 24.3 Å². The minimum atomic E-state index is -0.402. The van der Waals surface area contributed by atoms with Crippen LogP contribution in [-0.2, 0) is 9.53 Å². The quantitative estimate of drug-likeness (QED) is 0.685. The third-order valence-corrected chi connectivity index (χ3v) is 2.84. The van der Waals surface area contributed by atoms with Crippen molar-refractivity contribution < 1.29 is 9.53 Å². The van der Waals surface area contributed by atoms with Crippen LogP contribution in [0.3, 0.4) is 0 Å². The molecule has 0 saturated carbocycles. The number of carbonyl (C=O) groups excluding carboxylic acids is 1. The van der Waals surface area contributed by atoms with Crippen LogP contribution in [0.5, 0.6) is 0 Å². The summed E-state index contributed by atoms with van der Waals surface area (Å²) in [5.74, 6) is -0.402. The highest BCUT2D eigenvalue weighted by Crippen LogP contribution is 2.35. The van der Waals surface area contributed by atoms with Crippen molar-refractivity contribution in [1.82, 2.24) is 0 Å². The Kier molecular flexibility index (Phi) is 2.14. The molecule has 1 aromatic carbocycles. The first-order valence-corrected chi connectivity index (χ1v) is 5.31. The maximum Gasteiger partial charge on any atom is 0.356 e. The second-order valence-electron chi connectivity index (χ2n) is 3.83. The zero-order valence-electron chi connectivity index (χ0n) is 9.30. The van der Waals surface area contributed by atoms with Crippen LogP contribution in [-0.4, -0.2) is 31.0 Å². The Morgan fingerprint density at radius 2 is 2.18 bits per heavy atom. The predicted molar refractivity (Wildman–Crippen MR) is 65.8 cm³/mol. The fraction of sp³-hybridized carbons (Fsp3) is 0.154. The second kappa shape index (κ2) is 3.66. The van der Waals surface area contributed by atoms with E-state index in [0.29, 0.717) is 12.3 Å². The molecule has 0 spiro atoms. The van der Waals surface area contributed by atoms with Gasteiger partial charge in [-0.15, -0.1) is 0 Å². The topological polar surface area (TPSA) is 51.0 Å². The molecule has 0 amide bonds. The van der Waals surface area contributed by atoms with E-state index in [1.54, 1.807) is 6.08 Å². The smallest absolute Gasteiger partial charge is 0.356 e. The van der Waals surface area contributed by atoms with Crippen molar-refractivity contribution in [2.24, 2.45) is 9.98 Å². The number of hydrogen-bond donors (Lipinski definition) is 0. The van der Waals surface area contributed by atoms with E-state index in [2.05, 4.69) is 14.7 Å². The molecule has 0 N–H and O–H groups in total. The predicted octanol–water partition coefficient (Wildman–Crippen LogP) is 1.78. The highest BCUT2D eigenvalue weighted by Gasteiger charge is 2.25. The number of dihydropyridines is 1. The summed E-state index contributed by atoms with van der Waals surface area (Å²) in [4.78, 5) is 20.1. The van der Waals surface area contributed by atoms with Gasteiger partial charge in [-0.25, -0.2) is 4.79 Å². The molecule has 0 atom stereocenters. The molecular formula is C13H10N2O2. The third kappa shape index (κ3) is 1.49. The van der Waals surface area contributed by atoms with Crippen LogP contribution in [0.1, 0.15) is 5.56 Å². The number of rotatable bonds is 1. The first kappa shape index (κ1) is 9.96. The number of esters is 1. The van der Waals surface area contributed by atoms with Crippen LogP contribution in [0, 0.1) is 0 Å². The van der Waals surface area contributed by atoms with Crippen molar-refractivity contribution in [3.05, 3.63) is 35.9 Å². The summed E-state index contributed by atoms with van der Waals surface area (Å²) in [7, 11) is 1.36. The van der Waals surface area contributed by atoms with Crippen molar-refractivity contribution in [1.29, 1.82) is 0 Å². The number of carbonyl (C=O) groups is 1. The van der Waals surface area contributed by atoms with E-state index < -0.39 is 5.97 Å². The van der Waals surface area contributed by atoms with Gasteiger partial charge >= 0.3 is 5.97 Å². The average Bonchev–Trinajstić information content (AvgIpc) is 2.75. The Labute approximate surface area is 98.4 Å². The largest absolute Gasteiger partial charge is 0.464 e. The molecule has 4 nitrogen and oxygen atoms in total. The van der Waals surface area contributed by atoms with E-state index in [-0.39, 0.29) is 0 Å². The van der Waals surface area contributed by atoms with Gasteiger partial charge in [0.15, 0.2) is 0 Å². The SMILES string of the molecule is COC(=O)C1=NCC2=Nc3ccccc3C2=C1. The number of methoxy groups -OCH3 is 1. The third-order valence-electron chi connectivity index (χ3n) is 2.84. The lowest BCUT2D eigenvalue weighted by molar-refractivity contribution is -0.132. The van der Waals surface area contributed by atoms with Crippen molar-refractivity contribution in [2.45, 2.75) is 0 Å². The van der Waals surface area contributed by atoms with Gasteiger partial charge in [0.1, 0.15) is 5.71 Å². The fourth-order valence-corrected chi connectivity index (χ4v) is 2.01. The summed E-state index contributed by atoms with van der Waals surface area (Å²) >= 11 is 0. The second-order valence-corrected chi connectivity index (χ2v) is 3.83. The van der Waals surface area contributed by atoms with Crippen molar-refractivity contribution >= 4 is 28.7 Å². The van der Waals surface area contributed by atoms with Crippen LogP contribution in [0.2, 0.25) is 0 Å². The fourth-order valence-electron chi connectivity index (χ4n) is 2.01. The van der Waals surface area contributed by atoms with Crippen LogP contribution in [0.25, 0.3) is 5.57 Å². The highest BCUT2D eigenvalue weighted by atomic mass is 16.5. The molecule has 0 fully saturated rings. The Morgan fingerprint density at radius 1 is 1.35 bits per heavy atom. The molecule has 2 heterocycles. The molecule has 0 aliphatic carbocycles. The first-order valence-electron chi connectivity index (χ1n) is 5.31. The van der Waals surface area contributed by atoms with Crippen molar-refractivity contribution in [3.63, 3.8) is 0 Å². The Balaban J connectivity index is 2.07. The van der Waals surface area contributed by atoms with Gasteiger partial charge in [0.25, 0.3) is 0 Å². The number of aliphatic imine (C=N–C) groups is 2. The Morgan fingerprint density at radius 3 is 3.00 bits per heavy atom. The van der Waals surface area contributed by atoms with Crippen LogP contribution in [0.4, 0.5) is 5.69 Å². The molecular weight excluding hydrogens is 216 g/mol. The standard InChI is InChI=1S/C13H10N2O2/c1-17-13(16)11-6-9-8-4-2-3-5-10(8)15-12(9)7-14-11/h2-6H,7H2,1H3. The summed E-state index contributed by atoms with van der Waals surface area (Å²) in [5.41, 5.74) is 4.25. The normalized spacial score (nSPS) is 16.4. The summed E-state index contributed by atoms with van der Waals surface area (Å²) in [6.45, 7) is 0.435. The van der Waals surface area contributed by atoms with E-state index in [0.717, 1.165) is 22.5 Å². The van der Waals surface area contributed by atoms with E-state index >= 15 is 0 Å². The van der Waals surface area contributed by atoms with Crippen LogP contribution < -0.4 is 0 Å². The lowest BCUT2D eigenvalue weighted by atomic mass is 9.99.